The van der Waals surface area contributed by atoms with E-state index in [0.29, 0.717) is 39.8 Å². The SMILES string of the molecule is CC1(C)C=c2ccccc2=C(c2c(O)ccc3c(=O)c(-c4cccc(O)c4)c(-c4ccccc4)oc23)C1. The van der Waals surface area contributed by atoms with Crippen LogP contribution in [-0.2, 0) is 0 Å². The minimum absolute atomic E-state index is 0.0650. The number of hydrogen-bond acceptors (Lipinski definition) is 4. The largest absolute Gasteiger partial charge is 0.508 e. The van der Waals surface area contributed by atoms with Crippen molar-refractivity contribution in [3.8, 4) is 33.9 Å². The van der Waals surface area contributed by atoms with Gasteiger partial charge >= 0.3 is 0 Å². The van der Waals surface area contributed by atoms with Crippen molar-refractivity contribution in [2.24, 2.45) is 5.41 Å². The molecule has 1 aromatic heterocycles. The Hall–Kier alpha value is -4.57. The number of benzene rings is 4. The maximum atomic E-state index is 14.1. The van der Waals surface area contributed by atoms with Crippen molar-refractivity contribution in [3.05, 3.63) is 117 Å². The van der Waals surface area contributed by atoms with Crippen molar-refractivity contribution in [1.82, 2.24) is 0 Å². The Balaban J connectivity index is 1.77. The maximum absolute atomic E-state index is 14.1. The van der Waals surface area contributed by atoms with Gasteiger partial charge in [-0.2, -0.15) is 0 Å². The standard InChI is InChI=1S/C33H26O4/c1-33(2)18-22-11-6-7-14-24(22)26(19-33)29-27(35)16-15-25-30(36)28(21-12-8-13-23(34)17-21)31(37-32(25)29)20-9-4-3-5-10-20/h3-18,34-35H,19H2,1-2H3. The first-order valence-corrected chi connectivity index (χ1v) is 12.3. The van der Waals surface area contributed by atoms with Crippen molar-refractivity contribution in [3.63, 3.8) is 0 Å². The third-order valence-corrected chi connectivity index (χ3v) is 6.98. The number of phenolic OH excluding ortho intramolecular Hbond substituents is 2. The Morgan fingerprint density at radius 2 is 1.51 bits per heavy atom. The van der Waals surface area contributed by atoms with Gasteiger partial charge in [0.05, 0.1) is 16.5 Å². The molecule has 37 heavy (non-hydrogen) atoms. The van der Waals surface area contributed by atoms with E-state index in [2.05, 4.69) is 26.0 Å². The lowest BCUT2D eigenvalue weighted by Gasteiger charge is -2.27. The van der Waals surface area contributed by atoms with Gasteiger partial charge in [-0.1, -0.05) is 86.7 Å². The number of rotatable bonds is 3. The molecule has 4 aromatic carbocycles. The highest BCUT2D eigenvalue weighted by Crippen LogP contribution is 2.41. The minimum atomic E-state index is -0.220. The molecule has 0 unspecified atom stereocenters. The zero-order valence-corrected chi connectivity index (χ0v) is 20.7. The average Bonchev–Trinajstić information content (AvgIpc) is 2.88. The molecule has 1 heterocycles. The molecular weight excluding hydrogens is 460 g/mol. The topological polar surface area (TPSA) is 70.7 Å². The summed E-state index contributed by atoms with van der Waals surface area (Å²) in [6.45, 7) is 4.33. The quantitative estimate of drug-likeness (QED) is 0.331. The molecule has 0 saturated heterocycles. The van der Waals surface area contributed by atoms with E-state index < -0.39 is 0 Å². The second-order valence-corrected chi connectivity index (χ2v) is 10.3. The summed E-state index contributed by atoms with van der Waals surface area (Å²) in [7, 11) is 0. The van der Waals surface area contributed by atoms with Crippen LogP contribution in [0.5, 0.6) is 11.5 Å². The summed E-state index contributed by atoms with van der Waals surface area (Å²) in [6.07, 6.45) is 2.93. The highest BCUT2D eigenvalue weighted by molar-refractivity contribution is 5.97. The summed E-state index contributed by atoms with van der Waals surface area (Å²) in [5, 5.41) is 23.9. The molecule has 1 aliphatic rings. The molecule has 182 valence electrons. The summed E-state index contributed by atoms with van der Waals surface area (Å²) < 4.78 is 6.63. The van der Waals surface area contributed by atoms with E-state index >= 15 is 0 Å². The van der Waals surface area contributed by atoms with Gasteiger partial charge in [0.1, 0.15) is 22.8 Å². The van der Waals surface area contributed by atoms with Gasteiger partial charge in [-0.3, -0.25) is 4.79 Å². The molecule has 2 N–H and O–H groups in total. The van der Waals surface area contributed by atoms with Crippen LogP contribution in [0.3, 0.4) is 0 Å². The number of phenols is 2. The lowest BCUT2D eigenvalue weighted by atomic mass is 9.77. The highest BCUT2D eigenvalue weighted by Gasteiger charge is 2.28. The second-order valence-electron chi connectivity index (χ2n) is 10.3. The Kier molecular flexibility index (Phi) is 5.27. The summed E-state index contributed by atoms with van der Waals surface area (Å²) in [4.78, 5) is 14.1. The predicted octanol–water partition coefficient (Wildman–Crippen LogP) is 5.95. The van der Waals surface area contributed by atoms with E-state index in [-0.39, 0.29) is 22.3 Å². The molecular formula is C33H26O4. The molecule has 0 atom stereocenters. The Labute approximate surface area is 214 Å². The van der Waals surface area contributed by atoms with Crippen molar-refractivity contribution in [1.29, 1.82) is 0 Å². The van der Waals surface area contributed by atoms with Crippen LogP contribution in [0.2, 0.25) is 0 Å². The molecule has 0 bridgehead atoms. The molecule has 0 spiro atoms. The summed E-state index contributed by atoms with van der Waals surface area (Å²) in [5.74, 6) is 0.531. The van der Waals surface area contributed by atoms with E-state index in [1.54, 1.807) is 36.4 Å². The highest BCUT2D eigenvalue weighted by atomic mass is 16.3. The molecule has 4 heteroatoms. The average molecular weight is 487 g/mol. The van der Waals surface area contributed by atoms with Crippen LogP contribution in [0, 0.1) is 5.41 Å². The Bertz CT molecular complexity index is 1860. The minimum Gasteiger partial charge on any atom is -0.508 e. The first kappa shape index (κ1) is 22.9. The zero-order valence-electron chi connectivity index (χ0n) is 20.7. The van der Waals surface area contributed by atoms with Crippen LogP contribution in [0.1, 0.15) is 25.8 Å². The second kappa shape index (κ2) is 8.52. The van der Waals surface area contributed by atoms with E-state index in [1.165, 1.54) is 0 Å². The molecule has 0 aliphatic heterocycles. The first-order chi connectivity index (χ1) is 17.8. The van der Waals surface area contributed by atoms with Gasteiger partial charge in [0.25, 0.3) is 0 Å². The van der Waals surface area contributed by atoms with Crippen LogP contribution < -0.4 is 15.9 Å². The molecule has 0 amide bonds. The fourth-order valence-electron chi connectivity index (χ4n) is 5.40. The van der Waals surface area contributed by atoms with Crippen LogP contribution in [0.4, 0.5) is 0 Å². The first-order valence-electron chi connectivity index (χ1n) is 12.3. The Morgan fingerprint density at radius 3 is 2.30 bits per heavy atom. The molecule has 4 nitrogen and oxygen atoms in total. The van der Waals surface area contributed by atoms with Crippen molar-refractivity contribution in [2.75, 3.05) is 0 Å². The summed E-state index contributed by atoms with van der Waals surface area (Å²) in [6, 6.07) is 27.4. The molecule has 0 saturated carbocycles. The van der Waals surface area contributed by atoms with Crippen LogP contribution in [-0.4, -0.2) is 10.2 Å². The summed E-state index contributed by atoms with van der Waals surface area (Å²) >= 11 is 0. The smallest absolute Gasteiger partial charge is 0.201 e. The maximum Gasteiger partial charge on any atom is 0.201 e. The zero-order chi connectivity index (χ0) is 25.7. The Morgan fingerprint density at radius 1 is 0.784 bits per heavy atom. The van der Waals surface area contributed by atoms with Crippen LogP contribution in [0.25, 0.3) is 45.1 Å². The fourth-order valence-corrected chi connectivity index (χ4v) is 5.40. The van der Waals surface area contributed by atoms with Gasteiger partial charge in [0.2, 0.25) is 5.43 Å². The molecule has 0 fully saturated rings. The number of fused-ring (bicyclic) bond motifs is 2. The fraction of sp³-hybridized carbons (Fsp3) is 0.121. The van der Waals surface area contributed by atoms with E-state index in [9.17, 15) is 15.0 Å². The van der Waals surface area contributed by atoms with Crippen molar-refractivity contribution < 1.29 is 14.6 Å². The van der Waals surface area contributed by atoms with Gasteiger partial charge in [0, 0.05) is 5.56 Å². The van der Waals surface area contributed by atoms with E-state index in [4.69, 9.17) is 4.42 Å². The molecule has 5 aromatic rings. The summed E-state index contributed by atoms with van der Waals surface area (Å²) in [5.41, 5.74) is 3.14. The monoisotopic (exact) mass is 486 g/mol. The normalized spacial score (nSPS) is 14.3. The van der Waals surface area contributed by atoms with Crippen LogP contribution >= 0.6 is 0 Å². The lowest BCUT2D eigenvalue weighted by molar-refractivity contribution is 0.469. The van der Waals surface area contributed by atoms with Gasteiger partial charge in [-0.25, -0.2) is 0 Å². The van der Waals surface area contributed by atoms with Gasteiger partial charge in [-0.15, -0.1) is 0 Å². The van der Waals surface area contributed by atoms with Crippen molar-refractivity contribution in [2.45, 2.75) is 20.3 Å². The molecule has 0 radical (unpaired) electrons. The molecule has 6 rings (SSSR count). The van der Waals surface area contributed by atoms with E-state index in [0.717, 1.165) is 21.6 Å². The third kappa shape index (κ3) is 3.91. The van der Waals surface area contributed by atoms with E-state index in [1.807, 2.05) is 48.5 Å². The third-order valence-electron chi connectivity index (χ3n) is 6.98. The van der Waals surface area contributed by atoms with Gasteiger partial charge in [-0.05, 0) is 57.7 Å². The molecule has 1 aliphatic carbocycles. The predicted molar refractivity (Wildman–Crippen MR) is 148 cm³/mol. The lowest BCUT2D eigenvalue weighted by Crippen LogP contribution is -2.35. The van der Waals surface area contributed by atoms with Crippen molar-refractivity contribution >= 4 is 22.6 Å². The number of hydrogen-bond donors (Lipinski definition) is 2. The van der Waals surface area contributed by atoms with Gasteiger partial charge in [0.15, 0.2) is 0 Å². The van der Waals surface area contributed by atoms with Gasteiger partial charge < -0.3 is 14.6 Å². The number of aromatic hydroxyl groups is 2. The van der Waals surface area contributed by atoms with Crippen LogP contribution in [0.15, 0.2) is 100 Å².